The molecule has 1 saturated heterocycles. The molecule has 1 aliphatic rings. The van der Waals surface area contributed by atoms with Crippen LogP contribution in [0, 0.1) is 13.8 Å². The van der Waals surface area contributed by atoms with Crippen LogP contribution in [-0.2, 0) is 11.2 Å². The van der Waals surface area contributed by atoms with Gasteiger partial charge < -0.3 is 10.6 Å². The number of amides is 1. The highest BCUT2D eigenvalue weighted by molar-refractivity contribution is 7.12. The fraction of sp³-hybridized carbons (Fsp3) is 0.667. The van der Waals surface area contributed by atoms with Gasteiger partial charge in [0.2, 0.25) is 5.91 Å². The molecular weight excluding hydrogens is 256 g/mol. The van der Waals surface area contributed by atoms with Gasteiger partial charge in [0.15, 0.2) is 0 Å². The van der Waals surface area contributed by atoms with E-state index in [-0.39, 0.29) is 11.9 Å². The minimum Gasteiger partial charge on any atom is -0.338 e. The van der Waals surface area contributed by atoms with Gasteiger partial charge in [0.05, 0.1) is 0 Å². The zero-order chi connectivity index (χ0) is 13.8. The molecule has 3 nitrogen and oxygen atoms in total. The van der Waals surface area contributed by atoms with Crippen LogP contribution in [0.15, 0.2) is 6.07 Å². The second kappa shape index (κ2) is 6.53. The maximum absolute atomic E-state index is 12.2. The van der Waals surface area contributed by atoms with Crippen LogP contribution < -0.4 is 5.73 Å². The highest BCUT2D eigenvalue weighted by Crippen LogP contribution is 2.23. The lowest BCUT2D eigenvalue weighted by Gasteiger charge is -2.23. The summed E-state index contributed by atoms with van der Waals surface area (Å²) in [5.74, 6) is 0.289. The number of hydrogen-bond donors (Lipinski definition) is 1. The number of hydrogen-bond acceptors (Lipinski definition) is 3. The predicted molar refractivity (Wildman–Crippen MR) is 80.5 cm³/mol. The van der Waals surface area contributed by atoms with Crippen LogP contribution in [0.1, 0.15) is 41.0 Å². The molecule has 1 aromatic rings. The summed E-state index contributed by atoms with van der Waals surface area (Å²) in [5, 5.41) is 0. The molecule has 1 aromatic heterocycles. The number of nitrogens with two attached hydrogens (primary N) is 1. The molecule has 1 fully saturated rings. The first kappa shape index (κ1) is 14.5. The first-order valence-corrected chi connectivity index (χ1v) is 7.99. The van der Waals surface area contributed by atoms with Gasteiger partial charge in [0.25, 0.3) is 0 Å². The lowest BCUT2D eigenvalue weighted by Crippen LogP contribution is -2.39. The van der Waals surface area contributed by atoms with Gasteiger partial charge in [-0.2, -0.15) is 0 Å². The van der Waals surface area contributed by atoms with E-state index in [1.807, 2.05) is 16.2 Å². The number of likely N-dealkylation sites (tertiary alicyclic amines) is 1. The Balaban J connectivity index is 1.79. The molecule has 0 aliphatic carbocycles. The van der Waals surface area contributed by atoms with Gasteiger partial charge in [0, 0.05) is 35.3 Å². The fourth-order valence-electron chi connectivity index (χ4n) is 2.91. The van der Waals surface area contributed by atoms with E-state index >= 15 is 0 Å². The second-order valence-corrected chi connectivity index (χ2v) is 6.87. The number of carbonyl (C=O) groups excluding carboxylic acids is 1. The van der Waals surface area contributed by atoms with Crippen molar-refractivity contribution >= 4 is 17.2 Å². The molecule has 2 rings (SSSR count). The molecule has 1 aliphatic heterocycles. The van der Waals surface area contributed by atoms with E-state index in [9.17, 15) is 4.79 Å². The minimum atomic E-state index is 0.289. The molecule has 0 bridgehead atoms. The molecule has 0 spiro atoms. The summed E-state index contributed by atoms with van der Waals surface area (Å²) in [4.78, 5) is 16.9. The normalized spacial score (nSPS) is 19.1. The topological polar surface area (TPSA) is 46.3 Å². The maximum Gasteiger partial charge on any atom is 0.222 e. The largest absolute Gasteiger partial charge is 0.338 e. The molecule has 0 aromatic carbocycles. The average Bonchev–Trinajstić information content (AvgIpc) is 2.96. The van der Waals surface area contributed by atoms with Crippen molar-refractivity contribution in [1.29, 1.82) is 0 Å². The van der Waals surface area contributed by atoms with Crippen LogP contribution in [0.3, 0.4) is 0 Å². The van der Waals surface area contributed by atoms with Gasteiger partial charge in [-0.25, -0.2) is 0 Å². The fourth-order valence-corrected chi connectivity index (χ4v) is 3.89. The SMILES string of the molecule is Cc1cc(CCCC(=O)N2CCCC2CN)c(C)s1. The van der Waals surface area contributed by atoms with Gasteiger partial charge in [0.1, 0.15) is 0 Å². The Morgan fingerprint density at radius 3 is 2.95 bits per heavy atom. The molecule has 19 heavy (non-hydrogen) atoms. The van der Waals surface area contributed by atoms with Gasteiger partial charge in [-0.15, -0.1) is 11.3 Å². The van der Waals surface area contributed by atoms with Crippen LogP contribution in [0.4, 0.5) is 0 Å². The Bertz CT molecular complexity index is 441. The predicted octanol–water partition coefficient (Wildman–Crippen LogP) is 2.64. The van der Waals surface area contributed by atoms with Crippen molar-refractivity contribution in [3.8, 4) is 0 Å². The Labute approximate surface area is 119 Å². The molecule has 106 valence electrons. The first-order valence-electron chi connectivity index (χ1n) is 7.17. The highest BCUT2D eigenvalue weighted by Gasteiger charge is 2.26. The van der Waals surface area contributed by atoms with Crippen molar-refractivity contribution in [2.45, 2.75) is 52.0 Å². The van der Waals surface area contributed by atoms with Gasteiger partial charge in [-0.3, -0.25) is 4.79 Å². The van der Waals surface area contributed by atoms with Gasteiger partial charge in [-0.1, -0.05) is 0 Å². The van der Waals surface area contributed by atoms with Gasteiger partial charge >= 0.3 is 0 Å². The Morgan fingerprint density at radius 1 is 1.53 bits per heavy atom. The van der Waals surface area contributed by atoms with E-state index in [0.29, 0.717) is 13.0 Å². The van der Waals surface area contributed by atoms with Crippen molar-refractivity contribution in [2.75, 3.05) is 13.1 Å². The van der Waals surface area contributed by atoms with Crippen molar-refractivity contribution in [1.82, 2.24) is 4.90 Å². The molecule has 4 heteroatoms. The van der Waals surface area contributed by atoms with E-state index in [1.165, 1.54) is 15.3 Å². The third-order valence-corrected chi connectivity index (χ3v) is 4.96. The lowest BCUT2D eigenvalue weighted by atomic mass is 10.1. The molecule has 1 amide bonds. The van der Waals surface area contributed by atoms with E-state index < -0.39 is 0 Å². The van der Waals surface area contributed by atoms with Crippen LogP contribution in [-0.4, -0.2) is 29.9 Å². The Morgan fingerprint density at radius 2 is 2.32 bits per heavy atom. The molecule has 2 heterocycles. The van der Waals surface area contributed by atoms with E-state index in [4.69, 9.17) is 5.73 Å². The summed E-state index contributed by atoms with van der Waals surface area (Å²) in [6.45, 7) is 5.81. The van der Waals surface area contributed by atoms with Gasteiger partial charge in [-0.05, 0) is 51.2 Å². The van der Waals surface area contributed by atoms with E-state index in [0.717, 1.165) is 32.2 Å². The number of rotatable bonds is 5. The van der Waals surface area contributed by atoms with Crippen LogP contribution in [0.25, 0.3) is 0 Å². The summed E-state index contributed by atoms with van der Waals surface area (Å²) in [6.07, 6.45) is 4.80. The number of carbonyl (C=O) groups is 1. The molecule has 0 radical (unpaired) electrons. The smallest absolute Gasteiger partial charge is 0.222 e. The quantitative estimate of drug-likeness (QED) is 0.901. The van der Waals surface area contributed by atoms with Crippen molar-refractivity contribution in [3.05, 3.63) is 21.4 Å². The first-order chi connectivity index (χ1) is 9.11. The van der Waals surface area contributed by atoms with Crippen molar-refractivity contribution < 1.29 is 4.79 Å². The third-order valence-electron chi connectivity index (χ3n) is 3.95. The Kier molecular flexibility index (Phi) is 4.99. The lowest BCUT2D eigenvalue weighted by molar-refractivity contribution is -0.131. The average molecular weight is 280 g/mol. The number of aryl methyl sites for hydroxylation is 3. The second-order valence-electron chi connectivity index (χ2n) is 5.41. The highest BCUT2D eigenvalue weighted by atomic mass is 32.1. The van der Waals surface area contributed by atoms with E-state index in [2.05, 4.69) is 19.9 Å². The molecule has 0 saturated carbocycles. The minimum absolute atomic E-state index is 0.289. The molecular formula is C15H24N2OS. The van der Waals surface area contributed by atoms with Crippen molar-refractivity contribution in [2.24, 2.45) is 5.73 Å². The zero-order valence-electron chi connectivity index (χ0n) is 11.9. The molecule has 1 atom stereocenters. The number of nitrogens with zero attached hydrogens (tertiary/aromatic N) is 1. The van der Waals surface area contributed by atoms with Crippen LogP contribution in [0.2, 0.25) is 0 Å². The van der Waals surface area contributed by atoms with E-state index in [1.54, 1.807) is 0 Å². The summed E-state index contributed by atoms with van der Waals surface area (Å²) in [5.41, 5.74) is 7.12. The summed E-state index contributed by atoms with van der Waals surface area (Å²) in [6, 6.07) is 2.54. The number of thiophene rings is 1. The maximum atomic E-state index is 12.2. The monoisotopic (exact) mass is 280 g/mol. The Hall–Kier alpha value is -0.870. The van der Waals surface area contributed by atoms with Crippen LogP contribution >= 0.6 is 11.3 Å². The van der Waals surface area contributed by atoms with Crippen molar-refractivity contribution in [3.63, 3.8) is 0 Å². The summed E-state index contributed by atoms with van der Waals surface area (Å²) < 4.78 is 0. The van der Waals surface area contributed by atoms with Crippen LogP contribution in [0.5, 0.6) is 0 Å². The third kappa shape index (κ3) is 3.57. The summed E-state index contributed by atoms with van der Waals surface area (Å²) in [7, 11) is 0. The molecule has 2 N–H and O–H groups in total. The molecule has 1 unspecified atom stereocenters. The zero-order valence-corrected chi connectivity index (χ0v) is 12.8. The summed E-state index contributed by atoms with van der Waals surface area (Å²) >= 11 is 1.85. The standard InChI is InChI=1S/C15H24N2OS/c1-11-9-13(12(2)19-11)5-3-7-15(18)17-8-4-6-14(17)10-16/h9,14H,3-8,10,16H2,1-2H3.